The predicted octanol–water partition coefficient (Wildman–Crippen LogP) is 3.48. The smallest absolute Gasteiger partial charge is 0.311 e. The van der Waals surface area contributed by atoms with Crippen molar-refractivity contribution in [3.63, 3.8) is 0 Å². The van der Waals surface area contributed by atoms with Crippen molar-refractivity contribution in [2.24, 2.45) is 5.92 Å². The van der Waals surface area contributed by atoms with Gasteiger partial charge in [0.25, 0.3) is 0 Å². The number of halogens is 1. The lowest BCUT2D eigenvalue weighted by atomic mass is 9.89. The third-order valence-electron chi connectivity index (χ3n) is 3.11. The van der Waals surface area contributed by atoms with Crippen LogP contribution in [0.4, 0.5) is 0 Å². The fourth-order valence-electron chi connectivity index (χ4n) is 2.25. The van der Waals surface area contributed by atoms with Crippen molar-refractivity contribution in [1.29, 1.82) is 0 Å². The summed E-state index contributed by atoms with van der Waals surface area (Å²) in [6.07, 6.45) is 1.57. The molecular formula is C14H17BrO3. The first kappa shape index (κ1) is 13.6. The summed E-state index contributed by atoms with van der Waals surface area (Å²) >= 11 is 3.41. The molecule has 2 atom stereocenters. The van der Waals surface area contributed by atoms with Crippen LogP contribution in [0.3, 0.4) is 0 Å². The molecule has 0 aromatic heterocycles. The average Bonchev–Trinajstić information content (AvgIpc) is 2.40. The van der Waals surface area contributed by atoms with E-state index in [9.17, 15) is 4.79 Å². The highest BCUT2D eigenvalue weighted by atomic mass is 79.9. The Morgan fingerprint density at radius 2 is 2.17 bits per heavy atom. The van der Waals surface area contributed by atoms with Crippen LogP contribution < -0.4 is 0 Å². The molecule has 0 N–H and O–H groups in total. The normalized spacial score (nSPS) is 23.7. The Labute approximate surface area is 116 Å². The molecule has 1 aromatic rings. The first-order valence-electron chi connectivity index (χ1n) is 6.26. The minimum atomic E-state index is -0.181. The predicted molar refractivity (Wildman–Crippen MR) is 72.2 cm³/mol. The third kappa shape index (κ3) is 3.12. The van der Waals surface area contributed by atoms with Crippen LogP contribution in [0.25, 0.3) is 0 Å². The Bertz CT molecular complexity index is 402. The van der Waals surface area contributed by atoms with Gasteiger partial charge in [0.2, 0.25) is 0 Å². The highest BCUT2D eigenvalue weighted by Gasteiger charge is 2.34. The molecule has 3 nitrogen and oxygen atoms in total. The van der Waals surface area contributed by atoms with Crippen molar-refractivity contribution in [2.45, 2.75) is 25.9 Å². The van der Waals surface area contributed by atoms with Crippen molar-refractivity contribution in [3.8, 4) is 0 Å². The molecule has 0 unspecified atom stereocenters. The molecule has 1 aromatic carbocycles. The van der Waals surface area contributed by atoms with Gasteiger partial charge in [-0.15, -0.1) is 0 Å². The van der Waals surface area contributed by atoms with E-state index in [0.717, 1.165) is 22.9 Å². The van der Waals surface area contributed by atoms with E-state index in [1.165, 1.54) is 0 Å². The summed E-state index contributed by atoms with van der Waals surface area (Å²) in [6, 6.07) is 7.92. The quantitative estimate of drug-likeness (QED) is 0.802. The Kier molecular flexibility index (Phi) is 4.78. The second-order valence-electron chi connectivity index (χ2n) is 4.34. The van der Waals surface area contributed by atoms with Gasteiger partial charge in [-0.05, 0) is 37.5 Å². The van der Waals surface area contributed by atoms with Crippen molar-refractivity contribution in [1.82, 2.24) is 0 Å². The zero-order chi connectivity index (χ0) is 13.0. The van der Waals surface area contributed by atoms with E-state index in [2.05, 4.69) is 15.9 Å². The van der Waals surface area contributed by atoms with E-state index in [4.69, 9.17) is 9.47 Å². The Morgan fingerprint density at radius 3 is 2.83 bits per heavy atom. The van der Waals surface area contributed by atoms with Gasteiger partial charge in [-0.1, -0.05) is 28.1 Å². The molecule has 1 aliphatic heterocycles. The van der Waals surface area contributed by atoms with Gasteiger partial charge in [0, 0.05) is 11.1 Å². The highest BCUT2D eigenvalue weighted by Crippen LogP contribution is 2.34. The van der Waals surface area contributed by atoms with Crippen LogP contribution in [-0.4, -0.2) is 19.2 Å². The van der Waals surface area contributed by atoms with Gasteiger partial charge in [0.05, 0.1) is 18.6 Å². The van der Waals surface area contributed by atoms with E-state index in [1.807, 2.05) is 31.2 Å². The summed E-state index contributed by atoms with van der Waals surface area (Å²) in [5.74, 6) is -0.329. The summed E-state index contributed by atoms with van der Waals surface area (Å²) in [6.45, 7) is 2.95. The number of rotatable bonds is 3. The minimum Gasteiger partial charge on any atom is -0.466 e. The standard InChI is InChI=1S/C14H17BrO3/c1-2-17-14(16)12-4-3-9-18-13(12)10-5-7-11(15)8-6-10/h5-8,12-13H,2-4,9H2,1H3/t12-,13+/m1/s1. The average molecular weight is 313 g/mol. The van der Waals surface area contributed by atoms with Crippen molar-refractivity contribution in [2.75, 3.05) is 13.2 Å². The molecule has 0 spiro atoms. The van der Waals surface area contributed by atoms with Gasteiger partial charge in [0.15, 0.2) is 0 Å². The lowest BCUT2D eigenvalue weighted by Crippen LogP contribution is -2.30. The second kappa shape index (κ2) is 6.34. The second-order valence-corrected chi connectivity index (χ2v) is 5.26. The molecule has 1 fully saturated rings. The SMILES string of the molecule is CCOC(=O)[C@@H]1CCCO[C@H]1c1ccc(Br)cc1. The van der Waals surface area contributed by atoms with Crippen LogP contribution in [0.1, 0.15) is 31.4 Å². The molecule has 0 bridgehead atoms. The molecule has 18 heavy (non-hydrogen) atoms. The topological polar surface area (TPSA) is 35.5 Å². The van der Waals surface area contributed by atoms with Gasteiger partial charge < -0.3 is 9.47 Å². The van der Waals surface area contributed by atoms with Crippen LogP contribution in [0.2, 0.25) is 0 Å². The summed E-state index contributed by atoms with van der Waals surface area (Å²) in [4.78, 5) is 11.9. The summed E-state index contributed by atoms with van der Waals surface area (Å²) in [7, 11) is 0. The molecule has 1 saturated heterocycles. The number of carbonyl (C=O) groups excluding carboxylic acids is 1. The molecule has 2 rings (SSSR count). The molecule has 4 heteroatoms. The van der Waals surface area contributed by atoms with Crippen LogP contribution >= 0.6 is 15.9 Å². The highest BCUT2D eigenvalue weighted by molar-refractivity contribution is 9.10. The van der Waals surface area contributed by atoms with Crippen molar-refractivity contribution in [3.05, 3.63) is 34.3 Å². The lowest BCUT2D eigenvalue weighted by Gasteiger charge is -2.30. The van der Waals surface area contributed by atoms with E-state index >= 15 is 0 Å². The van der Waals surface area contributed by atoms with Gasteiger partial charge >= 0.3 is 5.97 Å². The van der Waals surface area contributed by atoms with Gasteiger partial charge in [-0.3, -0.25) is 4.79 Å². The van der Waals surface area contributed by atoms with E-state index in [-0.39, 0.29) is 18.0 Å². The van der Waals surface area contributed by atoms with Crippen molar-refractivity contribution >= 4 is 21.9 Å². The van der Waals surface area contributed by atoms with Gasteiger partial charge in [0.1, 0.15) is 0 Å². The molecule has 1 aliphatic rings. The Balaban J connectivity index is 2.17. The molecule has 0 radical (unpaired) electrons. The van der Waals surface area contributed by atoms with Crippen molar-refractivity contribution < 1.29 is 14.3 Å². The number of benzene rings is 1. The van der Waals surface area contributed by atoms with Crippen LogP contribution in [0.5, 0.6) is 0 Å². The molecule has 98 valence electrons. The van der Waals surface area contributed by atoms with E-state index in [0.29, 0.717) is 13.2 Å². The van der Waals surface area contributed by atoms with E-state index < -0.39 is 0 Å². The molecular weight excluding hydrogens is 296 g/mol. The number of ether oxygens (including phenoxy) is 2. The monoisotopic (exact) mass is 312 g/mol. The largest absolute Gasteiger partial charge is 0.466 e. The zero-order valence-corrected chi connectivity index (χ0v) is 12.0. The molecule has 0 saturated carbocycles. The molecule has 1 heterocycles. The number of esters is 1. The first-order valence-corrected chi connectivity index (χ1v) is 7.05. The zero-order valence-electron chi connectivity index (χ0n) is 10.4. The van der Waals surface area contributed by atoms with Gasteiger partial charge in [-0.2, -0.15) is 0 Å². The Morgan fingerprint density at radius 1 is 1.44 bits per heavy atom. The third-order valence-corrected chi connectivity index (χ3v) is 3.64. The summed E-state index contributed by atoms with van der Waals surface area (Å²) < 4.78 is 11.9. The molecule has 0 aliphatic carbocycles. The number of hydrogen-bond donors (Lipinski definition) is 0. The van der Waals surface area contributed by atoms with Crippen LogP contribution in [-0.2, 0) is 14.3 Å². The maximum atomic E-state index is 11.9. The maximum absolute atomic E-state index is 11.9. The van der Waals surface area contributed by atoms with Crippen LogP contribution in [0.15, 0.2) is 28.7 Å². The first-order chi connectivity index (χ1) is 8.72. The fraction of sp³-hybridized carbons (Fsp3) is 0.500. The molecule has 0 amide bonds. The fourth-order valence-corrected chi connectivity index (χ4v) is 2.52. The number of hydrogen-bond acceptors (Lipinski definition) is 3. The summed E-state index contributed by atoms with van der Waals surface area (Å²) in [5.41, 5.74) is 1.04. The van der Waals surface area contributed by atoms with Crippen LogP contribution in [0, 0.1) is 5.92 Å². The number of carbonyl (C=O) groups is 1. The minimum absolute atomic E-state index is 0.148. The Hall–Kier alpha value is -0.870. The maximum Gasteiger partial charge on any atom is 0.311 e. The van der Waals surface area contributed by atoms with Gasteiger partial charge in [-0.25, -0.2) is 0 Å². The van der Waals surface area contributed by atoms with E-state index in [1.54, 1.807) is 0 Å². The summed E-state index contributed by atoms with van der Waals surface area (Å²) in [5, 5.41) is 0. The lowest BCUT2D eigenvalue weighted by molar-refractivity contribution is -0.158.